The Morgan fingerprint density at radius 1 is 1.25 bits per heavy atom. The number of ketones is 1. The van der Waals surface area contributed by atoms with Crippen molar-refractivity contribution in [2.45, 2.75) is 13.8 Å². The van der Waals surface area contributed by atoms with Crippen LogP contribution < -0.4 is 0 Å². The van der Waals surface area contributed by atoms with E-state index in [2.05, 4.69) is 5.16 Å². The molecule has 2 rings (SSSR count). The second kappa shape index (κ2) is 4.31. The van der Waals surface area contributed by atoms with E-state index in [1.54, 1.807) is 0 Å². The first-order valence-electron chi connectivity index (χ1n) is 5.24. The van der Waals surface area contributed by atoms with Crippen LogP contribution in [-0.4, -0.2) is 10.9 Å². The fourth-order valence-corrected chi connectivity index (χ4v) is 1.52. The third kappa shape index (κ3) is 1.89. The standard InChI is InChI=1S/C13H13NO2/c1-9(2)12(15)11-8-14-16-13(11)10-6-4-3-5-7-10/h3-9H,1-2H3. The molecule has 1 heterocycles. The Labute approximate surface area is 94.1 Å². The van der Waals surface area contributed by atoms with Crippen LogP contribution in [0.1, 0.15) is 24.2 Å². The quantitative estimate of drug-likeness (QED) is 0.738. The normalized spacial score (nSPS) is 10.7. The molecule has 0 spiro atoms. The molecule has 0 aliphatic rings. The van der Waals surface area contributed by atoms with Gasteiger partial charge in [0.05, 0.1) is 11.8 Å². The second-order valence-corrected chi connectivity index (χ2v) is 3.95. The largest absolute Gasteiger partial charge is 0.356 e. The smallest absolute Gasteiger partial charge is 0.177 e. The highest BCUT2D eigenvalue weighted by Crippen LogP contribution is 2.25. The molecule has 2 aromatic rings. The van der Waals surface area contributed by atoms with Gasteiger partial charge in [-0.15, -0.1) is 0 Å². The molecule has 0 N–H and O–H groups in total. The maximum atomic E-state index is 11.9. The van der Waals surface area contributed by atoms with E-state index in [1.807, 2.05) is 44.2 Å². The second-order valence-electron chi connectivity index (χ2n) is 3.95. The summed E-state index contributed by atoms with van der Waals surface area (Å²) in [5.41, 5.74) is 1.44. The number of hydrogen-bond donors (Lipinski definition) is 0. The summed E-state index contributed by atoms with van der Waals surface area (Å²) in [6, 6.07) is 9.53. The van der Waals surface area contributed by atoms with Crippen LogP contribution in [0, 0.1) is 5.92 Å². The van der Waals surface area contributed by atoms with Crippen LogP contribution in [0.5, 0.6) is 0 Å². The first-order valence-corrected chi connectivity index (χ1v) is 5.24. The van der Waals surface area contributed by atoms with E-state index in [0.717, 1.165) is 5.56 Å². The van der Waals surface area contributed by atoms with Gasteiger partial charge in [-0.1, -0.05) is 49.3 Å². The Kier molecular flexibility index (Phi) is 2.86. The summed E-state index contributed by atoms with van der Waals surface area (Å²) in [5.74, 6) is 0.557. The predicted octanol–water partition coefficient (Wildman–Crippen LogP) is 3.18. The van der Waals surface area contributed by atoms with Crippen LogP contribution in [0.15, 0.2) is 41.1 Å². The van der Waals surface area contributed by atoms with Gasteiger partial charge < -0.3 is 4.52 Å². The number of nitrogens with zero attached hydrogens (tertiary/aromatic N) is 1. The van der Waals surface area contributed by atoms with Gasteiger partial charge in [0.2, 0.25) is 0 Å². The number of carbonyl (C=O) groups excluding carboxylic acids is 1. The molecule has 1 aromatic heterocycles. The van der Waals surface area contributed by atoms with E-state index in [4.69, 9.17) is 4.52 Å². The highest BCUT2D eigenvalue weighted by molar-refractivity contribution is 6.01. The number of rotatable bonds is 3. The third-order valence-corrected chi connectivity index (χ3v) is 2.40. The molecule has 0 amide bonds. The van der Waals surface area contributed by atoms with Crippen molar-refractivity contribution in [1.29, 1.82) is 0 Å². The first kappa shape index (κ1) is 10.6. The molecule has 0 unspecified atom stereocenters. The van der Waals surface area contributed by atoms with E-state index in [0.29, 0.717) is 11.3 Å². The van der Waals surface area contributed by atoms with Crippen molar-refractivity contribution >= 4 is 5.78 Å². The number of benzene rings is 1. The number of hydrogen-bond acceptors (Lipinski definition) is 3. The van der Waals surface area contributed by atoms with Gasteiger partial charge in [-0.05, 0) is 0 Å². The molecule has 0 radical (unpaired) electrons. The fraction of sp³-hybridized carbons (Fsp3) is 0.231. The van der Waals surface area contributed by atoms with Crippen molar-refractivity contribution < 1.29 is 9.32 Å². The summed E-state index contributed by atoms with van der Waals surface area (Å²) < 4.78 is 5.15. The van der Waals surface area contributed by atoms with Crippen LogP contribution in [0.25, 0.3) is 11.3 Å². The van der Waals surface area contributed by atoms with Crippen molar-refractivity contribution in [1.82, 2.24) is 5.16 Å². The van der Waals surface area contributed by atoms with Gasteiger partial charge in [-0.25, -0.2) is 0 Å². The molecule has 0 aliphatic heterocycles. The summed E-state index contributed by atoms with van der Waals surface area (Å²) in [5, 5.41) is 3.71. The number of aromatic nitrogens is 1. The van der Waals surface area contributed by atoms with Gasteiger partial charge in [0.25, 0.3) is 0 Å². The van der Waals surface area contributed by atoms with Gasteiger partial charge in [0.1, 0.15) is 0 Å². The van der Waals surface area contributed by atoms with Gasteiger partial charge in [0, 0.05) is 11.5 Å². The lowest BCUT2D eigenvalue weighted by atomic mass is 9.99. The lowest BCUT2D eigenvalue weighted by Gasteiger charge is -2.02. The average Bonchev–Trinajstić information content (AvgIpc) is 2.77. The highest BCUT2D eigenvalue weighted by atomic mass is 16.5. The lowest BCUT2D eigenvalue weighted by molar-refractivity contribution is 0.0939. The molecule has 0 saturated carbocycles. The molecule has 1 aromatic carbocycles. The van der Waals surface area contributed by atoms with Crippen molar-refractivity contribution in [3.8, 4) is 11.3 Å². The number of Topliss-reactive ketones (excluding diaryl/α,β-unsaturated/α-hetero) is 1. The Bertz CT molecular complexity index is 486. The first-order chi connectivity index (χ1) is 7.70. The summed E-state index contributed by atoms with van der Waals surface area (Å²) in [7, 11) is 0. The van der Waals surface area contributed by atoms with E-state index in [-0.39, 0.29) is 11.7 Å². The predicted molar refractivity (Wildman–Crippen MR) is 61.1 cm³/mol. The minimum absolute atomic E-state index is 0.0538. The topological polar surface area (TPSA) is 43.1 Å². The SMILES string of the molecule is CC(C)C(=O)c1cnoc1-c1ccccc1. The molecule has 16 heavy (non-hydrogen) atoms. The van der Waals surface area contributed by atoms with E-state index < -0.39 is 0 Å². The average molecular weight is 215 g/mol. The summed E-state index contributed by atoms with van der Waals surface area (Å²) in [4.78, 5) is 11.9. The van der Waals surface area contributed by atoms with Crippen LogP contribution in [-0.2, 0) is 0 Å². The molecule has 0 atom stereocenters. The van der Waals surface area contributed by atoms with Gasteiger partial charge >= 0.3 is 0 Å². The monoisotopic (exact) mass is 215 g/mol. The molecule has 0 saturated heterocycles. The zero-order valence-corrected chi connectivity index (χ0v) is 9.31. The van der Waals surface area contributed by atoms with Crippen molar-refractivity contribution in [2.24, 2.45) is 5.92 Å². The van der Waals surface area contributed by atoms with Crippen LogP contribution in [0.3, 0.4) is 0 Å². The van der Waals surface area contributed by atoms with Gasteiger partial charge in [-0.2, -0.15) is 0 Å². The van der Waals surface area contributed by atoms with Crippen molar-refractivity contribution in [3.63, 3.8) is 0 Å². The van der Waals surface area contributed by atoms with Crippen LogP contribution >= 0.6 is 0 Å². The third-order valence-electron chi connectivity index (χ3n) is 2.40. The summed E-state index contributed by atoms with van der Waals surface area (Å²) in [6.45, 7) is 3.73. The zero-order chi connectivity index (χ0) is 11.5. The number of carbonyl (C=O) groups is 1. The molecular weight excluding hydrogens is 202 g/mol. The Morgan fingerprint density at radius 3 is 2.56 bits per heavy atom. The van der Waals surface area contributed by atoms with Crippen molar-refractivity contribution in [2.75, 3.05) is 0 Å². The molecule has 0 bridgehead atoms. The Balaban J connectivity index is 2.45. The maximum absolute atomic E-state index is 11.9. The summed E-state index contributed by atoms with van der Waals surface area (Å²) in [6.07, 6.45) is 1.49. The molecule has 3 nitrogen and oxygen atoms in total. The van der Waals surface area contributed by atoms with E-state index >= 15 is 0 Å². The minimum atomic E-state index is -0.0538. The van der Waals surface area contributed by atoms with Crippen LogP contribution in [0.4, 0.5) is 0 Å². The fourth-order valence-electron chi connectivity index (χ4n) is 1.52. The molecule has 82 valence electrons. The zero-order valence-electron chi connectivity index (χ0n) is 9.31. The van der Waals surface area contributed by atoms with Crippen molar-refractivity contribution in [3.05, 3.63) is 42.1 Å². The Morgan fingerprint density at radius 2 is 1.94 bits per heavy atom. The van der Waals surface area contributed by atoms with Gasteiger partial charge in [-0.3, -0.25) is 4.79 Å². The van der Waals surface area contributed by atoms with Gasteiger partial charge in [0.15, 0.2) is 11.5 Å². The molecular formula is C13H13NO2. The highest BCUT2D eigenvalue weighted by Gasteiger charge is 2.19. The lowest BCUT2D eigenvalue weighted by Crippen LogP contribution is -2.07. The summed E-state index contributed by atoms with van der Waals surface area (Å²) >= 11 is 0. The maximum Gasteiger partial charge on any atom is 0.177 e. The molecule has 0 fully saturated rings. The van der Waals surface area contributed by atoms with E-state index in [1.165, 1.54) is 6.20 Å². The molecule has 3 heteroatoms. The Hall–Kier alpha value is -1.90. The minimum Gasteiger partial charge on any atom is -0.356 e. The van der Waals surface area contributed by atoms with E-state index in [9.17, 15) is 4.79 Å². The van der Waals surface area contributed by atoms with Crippen LogP contribution in [0.2, 0.25) is 0 Å². The molecule has 0 aliphatic carbocycles.